The second-order valence-corrected chi connectivity index (χ2v) is 9.95. The van der Waals surface area contributed by atoms with Crippen molar-refractivity contribution in [2.75, 3.05) is 53.6 Å². The summed E-state index contributed by atoms with van der Waals surface area (Å²) in [5.41, 5.74) is 3.34. The van der Waals surface area contributed by atoms with E-state index in [0.717, 1.165) is 16.8 Å². The van der Waals surface area contributed by atoms with Crippen LogP contribution >= 0.6 is 11.6 Å². The van der Waals surface area contributed by atoms with Crippen LogP contribution in [0, 0.1) is 5.92 Å². The summed E-state index contributed by atoms with van der Waals surface area (Å²) in [7, 11) is 4.88. The number of hydrogen-bond acceptors (Lipinski definition) is 6. The molecular weight excluding hydrogens is 506 g/mol. The molecule has 1 aromatic heterocycles. The maximum atomic E-state index is 12.6. The molecule has 3 rings (SSSR count). The normalized spacial score (nSPS) is 16.5. The lowest BCUT2D eigenvalue weighted by Gasteiger charge is -2.42. The van der Waals surface area contributed by atoms with Crippen LogP contribution in [-0.2, 0) is 26.1 Å². The lowest BCUT2D eigenvalue weighted by atomic mass is 9.85. The predicted molar refractivity (Wildman–Crippen MR) is 149 cm³/mol. The maximum Gasteiger partial charge on any atom is 0.248 e. The molecule has 1 aliphatic heterocycles. The van der Waals surface area contributed by atoms with Crippen LogP contribution < -0.4 is 5.32 Å². The van der Waals surface area contributed by atoms with Gasteiger partial charge in [0.05, 0.1) is 24.3 Å². The maximum absolute atomic E-state index is 12.6. The number of halogens is 1. The summed E-state index contributed by atoms with van der Waals surface area (Å²) in [6, 6.07) is 5.19. The van der Waals surface area contributed by atoms with Crippen LogP contribution in [0.15, 0.2) is 50.0 Å². The van der Waals surface area contributed by atoms with Crippen molar-refractivity contribution in [1.29, 1.82) is 0 Å². The molecule has 0 aliphatic carbocycles. The van der Waals surface area contributed by atoms with E-state index in [4.69, 9.17) is 21.1 Å². The van der Waals surface area contributed by atoms with E-state index in [-0.39, 0.29) is 37.0 Å². The smallest absolute Gasteiger partial charge is 0.248 e. The monoisotopic (exact) mass is 543 g/mol. The molecule has 0 bridgehead atoms. The first-order valence-electron chi connectivity index (χ1n) is 12.6. The summed E-state index contributed by atoms with van der Waals surface area (Å²) in [5, 5.41) is 3.61. The summed E-state index contributed by atoms with van der Waals surface area (Å²) >= 11 is 6.51. The van der Waals surface area contributed by atoms with Crippen LogP contribution in [0.25, 0.3) is 5.57 Å². The molecule has 38 heavy (non-hydrogen) atoms. The van der Waals surface area contributed by atoms with E-state index >= 15 is 0 Å². The summed E-state index contributed by atoms with van der Waals surface area (Å²) in [6.45, 7) is 13.2. The molecule has 2 amide bonds. The second-order valence-electron chi connectivity index (χ2n) is 9.51. The zero-order valence-electron chi connectivity index (χ0n) is 22.7. The first-order valence-corrected chi connectivity index (χ1v) is 13.0. The Kier molecular flexibility index (Phi) is 10.7. The highest BCUT2D eigenvalue weighted by molar-refractivity contribution is 6.30. The van der Waals surface area contributed by atoms with Gasteiger partial charge >= 0.3 is 0 Å². The first-order chi connectivity index (χ1) is 18.2. The van der Waals surface area contributed by atoms with Crippen LogP contribution in [-0.4, -0.2) is 84.8 Å². The van der Waals surface area contributed by atoms with Crippen LogP contribution in [0.5, 0.6) is 0 Å². The zero-order valence-corrected chi connectivity index (χ0v) is 23.4. The molecule has 1 fully saturated rings. The van der Waals surface area contributed by atoms with Gasteiger partial charge in [-0.3, -0.25) is 14.5 Å². The van der Waals surface area contributed by atoms with Crippen molar-refractivity contribution in [2.24, 2.45) is 13.0 Å². The van der Waals surface area contributed by atoms with Gasteiger partial charge in [-0.2, -0.15) is 0 Å². The Morgan fingerprint density at radius 1 is 1.18 bits per heavy atom. The number of aromatic nitrogens is 2. The molecule has 1 N–H and O–H groups in total. The molecule has 1 saturated heterocycles. The number of benzene rings is 1. The number of carbonyl (C=O) groups excluding carboxylic acids is 2. The molecule has 206 valence electrons. The van der Waals surface area contributed by atoms with Gasteiger partial charge in [-0.25, -0.2) is 4.98 Å². The van der Waals surface area contributed by atoms with E-state index < -0.39 is 6.04 Å². The van der Waals surface area contributed by atoms with Crippen molar-refractivity contribution in [2.45, 2.75) is 19.0 Å². The molecule has 0 saturated carbocycles. The molecule has 1 aromatic carbocycles. The molecule has 9 nitrogen and oxygen atoms in total. The van der Waals surface area contributed by atoms with Crippen molar-refractivity contribution in [1.82, 2.24) is 24.7 Å². The molecular formula is C28H38ClN5O4. The van der Waals surface area contributed by atoms with Crippen molar-refractivity contribution in [3.8, 4) is 0 Å². The number of ether oxygens (including phenoxy) is 2. The van der Waals surface area contributed by atoms with Gasteiger partial charge in [0, 0.05) is 58.5 Å². The predicted octanol–water partition coefficient (Wildman–Crippen LogP) is 3.24. The minimum Gasteiger partial charge on any atom is -0.375 e. The molecule has 2 heterocycles. The van der Waals surface area contributed by atoms with Crippen LogP contribution in [0.3, 0.4) is 0 Å². The number of hydrogen-bond donors (Lipinski definition) is 1. The SMILES string of the molecule is C=CC(C)C(c1ccc(Cl)cc1C(=C)C(NC(=O)COC)c1cncn1C)N1CCN(C(=O)COC)CC1. The quantitative estimate of drug-likeness (QED) is 0.413. The summed E-state index contributed by atoms with van der Waals surface area (Å²) in [5.74, 6) is -0.190. The summed E-state index contributed by atoms with van der Waals surface area (Å²) in [6.07, 6.45) is 5.34. The highest BCUT2D eigenvalue weighted by Crippen LogP contribution is 2.39. The Morgan fingerprint density at radius 2 is 1.87 bits per heavy atom. The largest absolute Gasteiger partial charge is 0.375 e. The summed E-state index contributed by atoms with van der Waals surface area (Å²) in [4.78, 5) is 33.4. The third-order valence-electron chi connectivity index (χ3n) is 6.96. The highest BCUT2D eigenvalue weighted by Gasteiger charge is 2.33. The average molecular weight is 544 g/mol. The lowest BCUT2D eigenvalue weighted by molar-refractivity contribution is -0.137. The van der Waals surface area contributed by atoms with E-state index in [1.807, 2.05) is 40.8 Å². The average Bonchev–Trinajstić information content (AvgIpc) is 3.33. The van der Waals surface area contributed by atoms with Crippen molar-refractivity contribution in [3.05, 3.63) is 71.8 Å². The molecule has 10 heteroatoms. The second kappa shape index (κ2) is 13.7. The van der Waals surface area contributed by atoms with Gasteiger partial charge < -0.3 is 24.3 Å². The third kappa shape index (κ3) is 6.91. The van der Waals surface area contributed by atoms with Crippen LogP contribution in [0.4, 0.5) is 0 Å². The first kappa shape index (κ1) is 29.6. The van der Waals surface area contributed by atoms with E-state index in [1.54, 1.807) is 12.5 Å². The number of imidazole rings is 1. The Hall–Kier alpha value is -2.98. The Bertz CT molecular complexity index is 1140. The fraction of sp³-hybridized carbons (Fsp3) is 0.464. The van der Waals surface area contributed by atoms with E-state index in [1.165, 1.54) is 14.2 Å². The van der Waals surface area contributed by atoms with E-state index in [0.29, 0.717) is 36.8 Å². The third-order valence-corrected chi connectivity index (χ3v) is 7.19. The van der Waals surface area contributed by atoms with Gasteiger partial charge in [0.1, 0.15) is 13.2 Å². The fourth-order valence-corrected chi connectivity index (χ4v) is 5.12. The summed E-state index contributed by atoms with van der Waals surface area (Å²) < 4.78 is 11.9. The Morgan fingerprint density at radius 3 is 2.45 bits per heavy atom. The minimum atomic E-state index is -0.550. The zero-order chi connectivity index (χ0) is 27.8. The minimum absolute atomic E-state index is 0.00755. The number of nitrogens with one attached hydrogen (secondary N) is 1. The van der Waals surface area contributed by atoms with Gasteiger partial charge in [-0.1, -0.05) is 37.2 Å². The van der Waals surface area contributed by atoms with Crippen LogP contribution in [0.1, 0.15) is 35.8 Å². The van der Waals surface area contributed by atoms with E-state index in [9.17, 15) is 9.59 Å². The Labute approximate surface area is 230 Å². The number of carbonyl (C=O) groups is 2. The number of aryl methyl sites for hydroxylation is 1. The lowest BCUT2D eigenvalue weighted by Crippen LogP contribution is -2.51. The molecule has 0 spiro atoms. The number of methoxy groups -OCH3 is 2. The van der Waals surface area contributed by atoms with Crippen molar-refractivity contribution >= 4 is 29.0 Å². The fourth-order valence-electron chi connectivity index (χ4n) is 4.94. The molecule has 2 aromatic rings. The number of nitrogens with zero attached hydrogens (tertiary/aromatic N) is 4. The standard InChI is InChI=1S/C28H38ClN5O4/c1-7-19(2)28(34-12-10-33(11-13-34)26(36)17-38-6)22-9-8-21(29)14-23(22)20(3)27(31-25(35)16-37-5)24-15-30-18-32(24)4/h7-9,14-15,18-19,27-28H,1,3,10-13,16-17H2,2,4-6H3,(H,31,35). The molecule has 3 unspecified atom stereocenters. The molecule has 3 atom stereocenters. The highest BCUT2D eigenvalue weighted by atomic mass is 35.5. The Balaban J connectivity index is 2.00. The van der Waals surface area contributed by atoms with Gasteiger partial charge in [0.2, 0.25) is 11.8 Å². The molecule has 0 radical (unpaired) electrons. The van der Waals surface area contributed by atoms with Crippen molar-refractivity contribution in [3.63, 3.8) is 0 Å². The van der Waals surface area contributed by atoms with Gasteiger partial charge in [-0.15, -0.1) is 6.58 Å². The molecule has 1 aliphatic rings. The van der Waals surface area contributed by atoms with Crippen LogP contribution in [0.2, 0.25) is 5.02 Å². The van der Waals surface area contributed by atoms with Crippen molar-refractivity contribution < 1.29 is 19.1 Å². The number of amides is 2. The van der Waals surface area contributed by atoms with Gasteiger partial charge in [0.25, 0.3) is 0 Å². The van der Waals surface area contributed by atoms with Gasteiger partial charge in [-0.05, 0) is 34.8 Å². The van der Waals surface area contributed by atoms with Gasteiger partial charge in [0.15, 0.2) is 0 Å². The van der Waals surface area contributed by atoms with E-state index in [2.05, 4.69) is 35.3 Å². The number of piperazine rings is 1. The number of rotatable bonds is 12. The topological polar surface area (TPSA) is 88.9 Å².